The lowest BCUT2D eigenvalue weighted by Gasteiger charge is -2.07. The molecule has 1 aromatic carbocycles. The lowest BCUT2D eigenvalue weighted by Crippen LogP contribution is -2.20. The van der Waals surface area contributed by atoms with Gasteiger partial charge in [0.25, 0.3) is 0 Å². The van der Waals surface area contributed by atoms with Crippen LogP contribution < -0.4 is 10.6 Å². The zero-order valence-corrected chi connectivity index (χ0v) is 9.15. The van der Waals surface area contributed by atoms with E-state index in [9.17, 15) is 13.6 Å². The van der Waals surface area contributed by atoms with Gasteiger partial charge in [0.1, 0.15) is 17.5 Å². The van der Waals surface area contributed by atoms with Crippen LogP contribution >= 0.6 is 0 Å². The number of pyridine rings is 1. The van der Waals surface area contributed by atoms with Crippen molar-refractivity contribution in [3.05, 3.63) is 54.2 Å². The quantitative estimate of drug-likeness (QED) is 0.859. The number of benzene rings is 1. The Morgan fingerprint density at radius 3 is 2.61 bits per heavy atom. The average Bonchev–Trinajstić information content (AvgIpc) is 2.34. The van der Waals surface area contributed by atoms with Gasteiger partial charge in [-0.2, -0.15) is 0 Å². The van der Waals surface area contributed by atoms with E-state index in [0.29, 0.717) is 11.9 Å². The highest BCUT2D eigenvalue weighted by Gasteiger charge is 2.08. The van der Waals surface area contributed by atoms with Crippen molar-refractivity contribution in [2.75, 3.05) is 10.6 Å². The molecule has 0 aliphatic carbocycles. The van der Waals surface area contributed by atoms with E-state index in [1.54, 1.807) is 18.2 Å². The minimum atomic E-state index is -0.842. The number of hydrogen-bond acceptors (Lipinski definition) is 2. The van der Waals surface area contributed by atoms with Crippen molar-refractivity contribution in [1.29, 1.82) is 0 Å². The summed E-state index contributed by atoms with van der Waals surface area (Å²) in [6.07, 6.45) is 1.51. The standard InChI is InChI=1S/C12H9F2N3O/c13-8-4-5-10(9(14)7-8)16-12(18)17-11-3-1-2-6-15-11/h1-7H,(H2,15,16,17,18). The Hall–Kier alpha value is -2.50. The van der Waals surface area contributed by atoms with Crippen molar-refractivity contribution in [3.8, 4) is 0 Å². The molecule has 0 bridgehead atoms. The van der Waals surface area contributed by atoms with Gasteiger partial charge in [0.05, 0.1) is 5.69 Å². The number of rotatable bonds is 2. The molecule has 92 valence electrons. The first-order chi connectivity index (χ1) is 8.65. The van der Waals surface area contributed by atoms with Gasteiger partial charge in [-0.3, -0.25) is 5.32 Å². The van der Waals surface area contributed by atoms with Crippen LogP contribution in [0.1, 0.15) is 0 Å². The monoisotopic (exact) mass is 249 g/mol. The molecular formula is C12H9F2N3O. The molecule has 0 saturated heterocycles. The molecule has 2 rings (SSSR count). The number of anilines is 2. The second-order valence-electron chi connectivity index (χ2n) is 3.42. The van der Waals surface area contributed by atoms with Crippen LogP contribution in [0.4, 0.5) is 25.1 Å². The fraction of sp³-hybridized carbons (Fsp3) is 0. The van der Waals surface area contributed by atoms with Gasteiger partial charge in [-0.05, 0) is 24.3 Å². The van der Waals surface area contributed by atoms with Crippen LogP contribution in [-0.4, -0.2) is 11.0 Å². The maximum Gasteiger partial charge on any atom is 0.324 e. The molecule has 0 spiro atoms. The lowest BCUT2D eigenvalue weighted by atomic mass is 10.3. The first-order valence-electron chi connectivity index (χ1n) is 5.09. The van der Waals surface area contributed by atoms with Crippen molar-refractivity contribution in [3.63, 3.8) is 0 Å². The summed E-state index contributed by atoms with van der Waals surface area (Å²) in [5.74, 6) is -1.22. The van der Waals surface area contributed by atoms with Crippen LogP contribution in [-0.2, 0) is 0 Å². The summed E-state index contributed by atoms with van der Waals surface area (Å²) in [7, 11) is 0. The SMILES string of the molecule is O=C(Nc1ccccn1)Nc1ccc(F)cc1F. The van der Waals surface area contributed by atoms with Gasteiger partial charge in [0.15, 0.2) is 0 Å². The highest BCUT2D eigenvalue weighted by Crippen LogP contribution is 2.15. The molecule has 4 nitrogen and oxygen atoms in total. The van der Waals surface area contributed by atoms with Crippen molar-refractivity contribution in [2.45, 2.75) is 0 Å². The third-order valence-electron chi connectivity index (χ3n) is 2.09. The maximum atomic E-state index is 13.3. The average molecular weight is 249 g/mol. The summed E-state index contributed by atoms with van der Waals surface area (Å²) in [6, 6.07) is 7.21. The van der Waals surface area contributed by atoms with Crippen LogP contribution in [0.2, 0.25) is 0 Å². The topological polar surface area (TPSA) is 54.0 Å². The van der Waals surface area contributed by atoms with E-state index < -0.39 is 17.7 Å². The summed E-state index contributed by atoms with van der Waals surface area (Å²) in [5.41, 5.74) is -0.107. The van der Waals surface area contributed by atoms with Gasteiger partial charge in [-0.1, -0.05) is 6.07 Å². The normalized spacial score (nSPS) is 9.89. The Balaban J connectivity index is 2.03. The Morgan fingerprint density at radius 1 is 1.11 bits per heavy atom. The van der Waals surface area contributed by atoms with E-state index in [2.05, 4.69) is 15.6 Å². The van der Waals surface area contributed by atoms with Crippen LogP contribution in [0.3, 0.4) is 0 Å². The fourth-order valence-electron chi connectivity index (χ4n) is 1.30. The molecule has 0 saturated carbocycles. The van der Waals surface area contributed by atoms with Crippen molar-refractivity contribution in [1.82, 2.24) is 4.98 Å². The van der Waals surface area contributed by atoms with Crippen molar-refractivity contribution < 1.29 is 13.6 Å². The second-order valence-corrected chi connectivity index (χ2v) is 3.42. The van der Waals surface area contributed by atoms with Gasteiger partial charge in [0.2, 0.25) is 0 Å². The molecule has 0 unspecified atom stereocenters. The largest absolute Gasteiger partial charge is 0.324 e. The highest BCUT2D eigenvalue weighted by atomic mass is 19.1. The fourth-order valence-corrected chi connectivity index (χ4v) is 1.30. The Bertz CT molecular complexity index is 561. The third-order valence-corrected chi connectivity index (χ3v) is 2.09. The molecule has 0 aliphatic heterocycles. The smallest absolute Gasteiger partial charge is 0.305 e. The number of nitrogens with one attached hydrogen (secondary N) is 2. The minimum absolute atomic E-state index is 0.107. The number of carbonyl (C=O) groups is 1. The number of carbonyl (C=O) groups excluding carboxylic acids is 1. The number of urea groups is 1. The van der Waals surface area contributed by atoms with Gasteiger partial charge in [-0.15, -0.1) is 0 Å². The Kier molecular flexibility index (Phi) is 3.47. The molecule has 0 atom stereocenters. The number of nitrogens with zero attached hydrogens (tertiary/aromatic N) is 1. The molecule has 2 N–H and O–H groups in total. The van der Waals surface area contributed by atoms with Crippen molar-refractivity contribution >= 4 is 17.5 Å². The van der Waals surface area contributed by atoms with E-state index in [-0.39, 0.29) is 5.69 Å². The summed E-state index contributed by atoms with van der Waals surface area (Å²) >= 11 is 0. The Labute approximate surface area is 102 Å². The number of amides is 2. The van der Waals surface area contributed by atoms with E-state index in [4.69, 9.17) is 0 Å². The predicted molar refractivity (Wildman–Crippen MR) is 63.2 cm³/mol. The number of aromatic nitrogens is 1. The zero-order valence-electron chi connectivity index (χ0n) is 9.15. The van der Waals surface area contributed by atoms with Crippen molar-refractivity contribution in [2.24, 2.45) is 0 Å². The second kappa shape index (κ2) is 5.22. The van der Waals surface area contributed by atoms with E-state index in [1.807, 2.05) is 0 Å². The van der Waals surface area contributed by atoms with Crippen LogP contribution in [0.5, 0.6) is 0 Å². The third kappa shape index (κ3) is 3.00. The molecule has 1 aromatic heterocycles. The maximum absolute atomic E-state index is 13.3. The van der Waals surface area contributed by atoms with Gasteiger partial charge >= 0.3 is 6.03 Å². The summed E-state index contributed by atoms with van der Waals surface area (Å²) < 4.78 is 25.9. The highest BCUT2D eigenvalue weighted by molar-refractivity contribution is 5.99. The minimum Gasteiger partial charge on any atom is -0.305 e. The molecule has 1 heterocycles. The molecule has 2 aromatic rings. The molecule has 6 heteroatoms. The summed E-state index contributed by atoms with van der Waals surface area (Å²) in [4.78, 5) is 15.4. The molecule has 2 amide bonds. The summed E-state index contributed by atoms with van der Waals surface area (Å²) in [6.45, 7) is 0. The Morgan fingerprint density at radius 2 is 1.94 bits per heavy atom. The van der Waals surface area contributed by atoms with E-state index >= 15 is 0 Å². The number of halogens is 2. The molecular weight excluding hydrogens is 240 g/mol. The van der Waals surface area contributed by atoms with Crippen LogP contribution in [0, 0.1) is 11.6 Å². The molecule has 0 aliphatic rings. The van der Waals surface area contributed by atoms with Crippen LogP contribution in [0.25, 0.3) is 0 Å². The summed E-state index contributed by atoms with van der Waals surface area (Å²) in [5, 5.41) is 4.66. The van der Waals surface area contributed by atoms with Gasteiger partial charge in [-0.25, -0.2) is 18.6 Å². The zero-order chi connectivity index (χ0) is 13.0. The van der Waals surface area contributed by atoms with Gasteiger partial charge < -0.3 is 5.32 Å². The first-order valence-corrected chi connectivity index (χ1v) is 5.09. The van der Waals surface area contributed by atoms with Crippen LogP contribution in [0.15, 0.2) is 42.6 Å². The molecule has 0 fully saturated rings. The van der Waals surface area contributed by atoms with E-state index in [1.165, 1.54) is 6.20 Å². The molecule has 0 radical (unpaired) electrons. The van der Waals surface area contributed by atoms with Gasteiger partial charge in [0, 0.05) is 12.3 Å². The molecule has 18 heavy (non-hydrogen) atoms. The lowest BCUT2D eigenvalue weighted by molar-refractivity contribution is 0.262. The van der Waals surface area contributed by atoms with E-state index in [0.717, 1.165) is 12.1 Å². The first kappa shape index (κ1) is 12.0. The predicted octanol–water partition coefficient (Wildman–Crippen LogP) is 3.00. The number of hydrogen-bond donors (Lipinski definition) is 2.